The molecule has 2 fully saturated rings. The van der Waals surface area contributed by atoms with E-state index in [0.29, 0.717) is 51.1 Å². The second-order valence-electron chi connectivity index (χ2n) is 9.64. The third kappa shape index (κ3) is 6.20. The number of piperidine rings is 2. The van der Waals surface area contributed by atoms with Crippen molar-refractivity contribution in [3.63, 3.8) is 0 Å². The predicted molar refractivity (Wildman–Crippen MR) is 131 cm³/mol. The molecule has 6 nitrogen and oxygen atoms in total. The molecule has 3 rings (SSSR count). The minimum absolute atomic E-state index is 0.0171. The van der Waals surface area contributed by atoms with Crippen molar-refractivity contribution in [2.45, 2.75) is 58.2 Å². The van der Waals surface area contributed by atoms with E-state index in [9.17, 15) is 26.4 Å². The Morgan fingerprint density at radius 2 is 1.74 bits per heavy atom. The maximum atomic E-state index is 13.2. The molecule has 0 aliphatic carbocycles. The fraction of sp³-hybridized carbons (Fsp3) is 0.640. The molecule has 0 saturated carbocycles. The van der Waals surface area contributed by atoms with Gasteiger partial charge in [0.1, 0.15) is 0 Å². The second-order valence-corrected chi connectivity index (χ2v) is 11.7. The lowest BCUT2D eigenvalue weighted by Crippen LogP contribution is -2.49. The van der Waals surface area contributed by atoms with Gasteiger partial charge in [-0.2, -0.15) is 17.5 Å². The maximum Gasteiger partial charge on any atom is 0.416 e. The molecule has 0 spiro atoms. The summed E-state index contributed by atoms with van der Waals surface area (Å²) in [4.78, 5) is 17.2. The highest BCUT2D eigenvalue weighted by molar-refractivity contribution is 7.93. The van der Waals surface area contributed by atoms with Crippen LogP contribution < -0.4 is 4.90 Å². The van der Waals surface area contributed by atoms with Gasteiger partial charge in [-0.05, 0) is 56.2 Å². The molecule has 2 heterocycles. The van der Waals surface area contributed by atoms with E-state index in [1.165, 1.54) is 16.4 Å². The van der Waals surface area contributed by atoms with E-state index in [-0.39, 0.29) is 28.7 Å². The first kappa shape index (κ1) is 27.5. The number of halogens is 3. The van der Waals surface area contributed by atoms with E-state index in [2.05, 4.69) is 6.58 Å². The molecule has 2 saturated heterocycles. The Labute approximate surface area is 206 Å². The van der Waals surface area contributed by atoms with Gasteiger partial charge in [0.25, 0.3) is 0 Å². The first-order valence-electron chi connectivity index (χ1n) is 12.2. The van der Waals surface area contributed by atoms with Crippen LogP contribution >= 0.6 is 0 Å². The summed E-state index contributed by atoms with van der Waals surface area (Å²) in [5, 5.41) is 0. The lowest BCUT2D eigenvalue weighted by atomic mass is 9.84. The summed E-state index contributed by atoms with van der Waals surface area (Å²) in [6, 6.07) is 5.37. The maximum absolute atomic E-state index is 13.2. The van der Waals surface area contributed by atoms with Crippen LogP contribution in [0.1, 0.15) is 51.5 Å². The summed E-state index contributed by atoms with van der Waals surface area (Å²) in [5.74, 6) is -0.00701. The van der Waals surface area contributed by atoms with Crippen LogP contribution in [0.5, 0.6) is 0 Å². The zero-order valence-corrected chi connectivity index (χ0v) is 21.5. The Kier molecular flexibility index (Phi) is 8.57. The van der Waals surface area contributed by atoms with Crippen molar-refractivity contribution >= 4 is 21.6 Å². The number of allylic oxidation sites excluding steroid dienone is 1. The van der Waals surface area contributed by atoms with Crippen molar-refractivity contribution in [2.24, 2.45) is 11.8 Å². The highest BCUT2D eigenvalue weighted by Crippen LogP contribution is 2.34. The molecule has 1 aromatic carbocycles. The number of benzene rings is 1. The van der Waals surface area contributed by atoms with Gasteiger partial charge in [0.2, 0.25) is 15.9 Å². The molecular weight excluding hydrogens is 479 g/mol. The van der Waals surface area contributed by atoms with Crippen LogP contribution in [0, 0.1) is 11.8 Å². The predicted octanol–water partition coefficient (Wildman–Crippen LogP) is 4.73. The third-order valence-corrected chi connectivity index (χ3v) is 9.66. The Morgan fingerprint density at radius 1 is 1.14 bits per heavy atom. The average molecular weight is 516 g/mol. The SMILES string of the molecule is C=C(CC)S(=O)(=O)N1CCC(N(C)C(=O)[C@H](C)C2CCN(c3cccc(C(F)(F)F)c3)CC2)CC1. The van der Waals surface area contributed by atoms with Gasteiger partial charge < -0.3 is 9.80 Å². The number of alkyl halides is 3. The van der Waals surface area contributed by atoms with Crippen molar-refractivity contribution in [1.29, 1.82) is 0 Å². The largest absolute Gasteiger partial charge is 0.416 e. The standard InChI is InChI=1S/C25H36F3N3O3S/c1-5-18(2)35(33,34)31-15-11-22(12-16-31)29(4)24(32)19(3)20-9-13-30(14-10-20)23-8-6-7-21(17-23)25(26,27)28/h6-8,17,19-20,22H,2,5,9-16H2,1,3-4H3/t19-/m1/s1. The van der Waals surface area contributed by atoms with Crippen molar-refractivity contribution in [2.75, 3.05) is 38.1 Å². The Hall–Kier alpha value is -2.07. The van der Waals surface area contributed by atoms with Crippen LogP contribution in [0.4, 0.5) is 18.9 Å². The zero-order chi connectivity index (χ0) is 26.0. The molecule has 2 aliphatic heterocycles. The summed E-state index contributed by atoms with van der Waals surface area (Å²) < 4.78 is 65.7. The highest BCUT2D eigenvalue weighted by atomic mass is 32.2. The average Bonchev–Trinajstić information content (AvgIpc) is 2.86. The number of sulfonamides is 1. The summed E-state index contributed by atoms with van der Waals surface area (Å²) in [6.07, 6.45) is -1.37. The zero-order valence-electron chi connectivity index (χ0n) is 20.7. The van der Waals surface area contributed by atoms with Gasteiger partial charge in [-0.15, -0.1) is 0 Å². The molecule has 0 bridgehead atoms. The van der Waals surface area contributed by atoms with Crippen molar-refractivity contribution in [3.8, 4) is 0 Å². The fourth-order valence-electron chi connectivity index (χ4n) is 5.07. The second kappa shape index (κ2) is 10.9. The van der Waals surface area contributed by atoms with Crippen LogP contribution in [-0.2, 0) is 21.0 Å². The number of anilines is 1. The Morgan fingerprint density at radius 3 is 2.29 bits per heavy atom. The topological polar surface area (TPSA) is 60.9 Å². The molecule has 196 valence electrons. The van der Waals surface area contributed by atoms with Gasteiger partial charge >= 0.3 is 6.18 Å². The van der Waals surface area contributed by atoms with Crippen LogP contribution in [0.3, 0.4) is 0 Å². The first-order valence-corrected chi connectivity index (χ1v) is 13.7. The molecule has 1 amide bonds. The number of amides is 1. The number of carbonyl (C=O) groups excluding carboxylic acids is 1. The molecule has 0 aromatic heterocycles. The first-order chi connectivity index (χ1) is 16.4. The fourth-order valence-corrected chi connectivity index (χ4v) is 6.50. The van der Waals surface area contributed by atoms with Crippen LogP contribution in [-0.4, -0.2) is 62.8 Å². The molecule has 1 atom stereocenters. The van der Waals surface area contributed by atoms with Crippen molar-refractivity contribution < 1.29 is 26.4 Å². The van der Waals surface area contributed by atoms with Gasteiger partial charge in [-0.3, -0.25) is 4.79 Å². The quantitative estimate of drug-likeness (QED) is 0.527. The van der Waals surface area contributed by atoms with Gasteiger partial charge in [-0.25, -0.2) is 8.42 Å². The van der Waals surface area contributed by atoms with E-state index in [1.807, 2.05) is 11.8 Å². The molecular formula is C25H36F3N3O3S. The summed E-state index contributed by atoms with van der Waals surface area (Å²) in [6.45, 7) is 9.30. The molecule has 0 N–H and O–H groups in total. The monoisotopic (exact) mass is 515 g/mol. The van der Waals surface area contributed by atoms with Crippen molar-refractivity contribution in [1.82, 2.24) is 9.21 Å². The number of hydrogen-bond donors (Lipinski definition) is 0. The smallest absolute Gasteiger partial charge is 0.372 e. The van der Waals surface area contributed by atoms with E-state index < -0.39 is 21.8 Å². The van der Waals surface area contributed by atoms with E-state index in [0.717, 1.165) is 18.9 Å². The number of hydrogen-bond acceptors (Lipinski definition) is 4. The minimum atomic E-state index is -4.37. The number of rotatable bonds is 7. The van der Waals surface area contributed by atoms with Crippen LogP contribution in [0.15, 0.2) is 35.7 Å². The van der Waals surface area contributed by atoms with Crippen molar-refractivity contribution in [3.05, 3.63) is 41.3 Å². The number of carbonyl (C=O) groups is 1. The van der Waals surface area contributed by atoms with E-state index >= 15 is 0 Å². The summed E-state index contributed by atoms with van der Waals surface area (Å²) in [5.41, 5.74) is -0.0954. The van der Waals surface area contributed by atoms with Gasteiger partial charge in [0.05, 0.1) is 10.5 Å². The molecule has 0 radical (unpaired) electrons. The molecule has 10 heteroatoms. The minimum Gasteiger partial charge on any atom is -0.372 e. The van der Waals surface area contributed by atoms with Crippen LogP contribution in [0.2, 0.25) is 0 Å². The van der Waals surface area contributed by atoms with Crippen LogP contribution in [0.25, 0.3) is 0 Å². The lowest BCUT2D eigenvalue weighted by molar-refractivity contribution is -0.139. The lowest BCUT2D eigenvalue weighted by Gasteiger charge is -2.40. The molecule has 1 aromatic rings. The van der Waals surface area contributed by atoms with E-state index in [1.54, 1.807) is 24.9 Å². The third-order valence-electron chi connectivity index (χ3n) is 7.59. The Balaban J connectivity index is 1.53. The highest BCUT2D eigenvalue weighted by Gasteiger charge is 2.36. The Bertz CT molecular complexity index is 1010. The summed E-state index contributed by atoms with van der Waals surface area (Å²) >= 11 is 0. The normalized spacial score (nSPS) is 20.0. The molecule has 2 aliphatic rings. The van der Waals surface area contributed by atoms with E-state index in [4.69, 9.17) is 0 Å². The van der Waals surface area contributed by atoms with Gasteiger partial charge in [0.15, 0.2) is 0 Å². The molecule has 0 unspecified atom stereocenters. The summed E-state index contributed by atoms with van der Waals surface area (Å²) in [7, 11) is -1.70. The molecule has 35 heavy (non-hydrogen) atoms. The van der Waals surface area contributed by atoms with Gasteiger partial charge in [-0.1, -0.05) is 26.5 Å². The van der Waals surface area contributed by atoms with Gasteiger partial charge in [0, 0.05) is 50.9 Å². The number of nitrogens with zero attached hydrogens (tertiary/aromatic N) is 3.